The first-order valence-electron chi connectivity index (χ1n) is 5.92. The van der Waals surface area contributed by atoms with Gasteiger partial charge in [0.25, 0.3) is 0 Å². The molecule has 2 nitrogen and oxygen atoms in total. The molecule has 1 saturated heterocycles. The summed E-state index contributed by atoms with van der Waals surface area (Å²) in [5.41, 5.74) is 1.15. The lowest BCUT2D eigenvalue weighted by molar-refractivity contribution is 0.185. The van der Waals surface area contributed by atoms with Crippen molar-refractivity contribution in [2.24, 2.45) is 0 Å². The van der Waals surface area contributed by atoms with Crippen LogP contribution in [0.2, 0.25) is 5.02 Å². The third-order valence-electron chi connectivity index (χ3n) is 3.25. The fourth-order valence-electron chi connectivity index (χ4n) is 2.46. The van der Waals surface area contributed by atoms with Crippen LogP contribution in [0.15, 0.2) is 24.3 Å². The number of aliphatic hydroxyl groups is 1. The molecule has 1 aliphatic heterocycles. The second-order valence-electron chi connectivity index (χ2n) is 4.29. The van der Waals surface area contributed by atoms with Crippen molar-refractivity contribution in [1.82, 2.24) is 4.90 Å². The molecule has 1 unspecified atom stereocenters. The Hall–Kier alpha value is -0.570. The van der Waals surface area contributed by atoms with Crippen LogP contribution in [0, 0.1) is 0 Å². The molecule has 1 N–H and O–H groups in total. The average molecular weight is 240 g/mol. The van der Waals surface area contributed by atoms with Gasteiger partial charge in [0.15, 0.2) is 0 Å². The first-order valence-corrected chi connectivity index (χ1v) is 6.30. The van der Waals surface area contributed by atoms with Gasteiger partial charge in [-0.2, -0.15) is 0 Å². The molecular formula is C13H18ClNO. The van der Waals surface area contributed by atoms with Gasteiger partial charge in [0, 0.05) is 17.7 Å². The van der Waals surface area contributed by atoms with Crippen molar-refractivity contribution in [3.8, 4) is 0 Å². The van der Waals surface area contributed by atoms with Crippen molar-refractivity contribution in [1.29, 1.82) is 0 Å². The molecule has 88 valence electrons. The molecule has 3 heteroatoms. The van der Waals surface area contributed by atoms with Crippen molar-refractivity contribution < 1.29 is 5.11 Å². The minimum atomic E-state index is 0.215. The van der Waals surface area contributed by atoms with E-state index < -0.39 is 0 Å². The Labute approximate surface area is 102 Å². The minimum Gasteiger partial charge on any atom is -0.396 e. The number of hydrogen-bond acceptors (Lipinski definition) is 2. The highest BCUT2D eigenvalue weighted by molar-refractivity contribution is 6.31. The van der Waals surface area contributed by atoms with E-state index in [9.17, 15) is 5.11 Å². The van der Waals surface area contributed by atoms with E-state index in [1.807, 2.05) is 18.2 Å². The molecule has 1 heterocycles. The largest absolute Gasteiger partial charge is 0.396 e. The zero-order valence-corrected chi connectivity index (χ0v) is 10.2. The smallest absolute Gasteiger partial charge is 0.0453 e. The third-order valence-corrected chi connectivity index (χ3v) is 3.59. The lowest BCUT2D eigenvalue weighted by Crippen LogP contribution is -2.26. The van der Waals surface area contributed by atoms with Gasteiger partial charge in [0.2, 0.25) is 0 Å². The van der Waals surface area contributed by atoms with Crippen LogP contribution in [0.1, 0.15) is 30.9 Å². The fraction of sp³-hybridized carbons (Fsp3) is 0.538. The van der Waals surface area contributed by atoms with E-state index in [0.29, 0.717) is 0 Å². The summed E-state index contributed by atoms with van der Waals surface area (Å²) in [6, 6.07) is 8.24. The quantitative estimate of drug-likeness (QED) is 0.874. The average Bonchev–Trinajstić information content (AvgIpc) is 2.80. The minimum absolute atomic E-state index is 0.215. The number of benzene rings is 1. The molecule has 0 radical (unpaired) electrons. The molecule has 0 saturated carbocycles. The molecule has 1 aliphatic rings. The van der Waals surface area contributed by atoms with Crippen molar-refractivity contribution in [3.05, 3.63) is 34.9 Å². The Kier molecular flexibility index (Phi) is 4.22. The van der Waals surface area contributed by atoms with Gasteiger partial charge in [0.05, 0.1) is 0 Å². The number of aliphatic hydroxyl groups excluding tert-OH is 1. The lowest BCUT2D eigenvalue weighted by Gasteiger charge is -2.28. The van der Waals surface area contributed by atoms with Gasteiger partial charge in [-0.1, -0.05) is 29.8 Å². The van der Waals surface area contributed by atoms with E-state index in [1.165, 1.54) is 12.8 Å². The summed E-state index contributed by atoms with van der Waals surface area (Å²) in [6.07, 6.45) is 3.28. The Morgan fingerprint density at radius 3 is 2.56 bits per heavy atom. The number of halogens is 1. The van der Waals surface area contributed by atoms with Crippen molar-refractivity contribution in [2.75, 3.05) is 19.7 Å². The summed E-state index contributed by atoms with van der Waals surface area (Å²) in [4.78, 5) is 2.43. The molecule has 16 heavy (non-hydrogen) atoms. The maximum absolute atomic E-state index is 9.18. The molecule has 1 fully saturated rings. The number of nitrogens with zero attached hydrogens (tertiary/aromatic N) is 1. The SMILES string of the molecule is OCCC(c1ccccc1Cl)N1CCCC1. The van der Waals surface area contributed by atoms with Crippen LogP contribution in [-0.4, -0.2) is 29.7 Å². The molecule has 1 atom stereocenters. The number of hydrogen-bond donors (Lipinski definition) is 1. The van der Waals surface area contributed by atoms with E-state index in [-0.39, 0.29) is 12.6 Å². The highest BCUT2D eigenvalue weighted by atomic mass is 35.5. The van der Waals surface area contributed by atoms with Crippen LogP contribution >= 0.6 is 11.6 Å². The van der Waals surface area contributed by atoms with E-state index in [4.69, 9.17) is 11.6 Å². The third kappa shape index (κ3) is 2.57. The Bertz CT molecular complexity index is 336. The second kappa shape index (κ2) is 5.67. The van der Waals surface area contributed by atoms with E-state index >= 15 is 0 Å². The predicted octanol–water partition coefficient (Wildman–Crippen LogP) is 2.86. The van der Waals surface area contributed by atoms with Crippen LogP contribution in [-0.2, 0) is 0 Å². The van der Waals surface area contributed by atoms with Gasteiger partial charge in [0.1, 0.15) is 0 Å². The Morgan fingerprint density at radius 1 is 1.25 bits per heavy atom. The fourth-order valence-corrected chi connectivity index (χ4v) is 2.72. The maximum Gasteiger partial charge on any atom is 0.0453 e. The summed E-state index contributed by atoms with van der Waals surface area (Å²) in [7, 11) is 0. The van der Waals surface area contributed by atoms with Gasteiger partial charge in [-0.3, -0.25) is 4.90 Å². The number of likely N-dealkylation sites (tertiary alicyclic amines) is 1. The zero-order chi connectivity index (χ0) is 11.4. The van der Waals surface area contributed by atoms with Crippen LogP contribution in [0.4, 0.5) is 0 Å². The first-order chi connectivity index (χ1) is 7.83. The van der Waals surface area contributed by atoms with Crippen molar-refractivity contribution >= 4 is 11.6 Å². The topological polar surface area (TPSA) is 23.5 Å². The monoisotopic (exact) mass is 239 g/mol. The van der Waals surface area contributed by atoms with Crippen LogP contribution in [0.3, 0.4) is 0 Å². The summed E-state index contributed by atoms with van der Waals surface area (Å²) in [5, 5.41) is 9.99. The lowest BCUT2D eigenvalue weighted by atomic mass is 10.0. The highest BCUT2D eigenvalue weighted by Gasteiger charge is 2.24. The van der Waals surface area contributed by atoms with Crippen molar-refractivity contribution in [2.45, 2.75) is 25.3 Å². The standard InChI is InChI=1S/C13H18ClNO/c14-12-6-2-1-5-11(12)13(7-10-16)15-8-3-4-9-15/h1-2,5-6,13,16H,3-4,7-10H2. The van der Waals surface area contributed by atoms with Gasteiger partial charge in [-0.15, -0.1) is 0 Å². The summed E-state index contributed by atoms with van der Waals surface area (Å²) >= 11 is 6.22. The van der Waals surface area contributed by atoms with Crippen LogP contribution in [0.5, 0.6) is 0 Å². The molecule has 1 aromatic carbocycles. The summed E-state index contributed by atoms with van der Waals surface area (Å²) in [5.74, 6) is 0. The van der Waals surface area contributed by atoms with Crippen LogP contribution in [0.25, 0.3) is 0 Å². The molecule has 1 aromatic rings. The zero-order valence-electron chi connectivity index (χ0n) is 9.40. The maximum atomic E-state index is 9.18. The molecule has 0 aliphatic carbocycles. The Morgan fingerprint density at radius 2 is 1.94 bits per heavy atom. The number of rotatable bonds is 4. The normalized spacial score (nSPS) is 18.9. The summed E-state index contributed by atoms with van der Waals surface area (Å²) in [6.45, 7) is 2.46. The van der Waals surface area contributed by atoms with Gasteiger partial charge in [-0.05, 0) is 44.0 Å². The van der Waals surface area contributed by atoms with E-state index in [0.717, 1.165) is 30.1 Å². The predicted molar refractivity (Wildman–Crippen MR) is 66.7 cm³/mol. The van der Waals surface area contributed by atoms with Gasteiger partial charge in [-0.25, -0.2) is 0 Å². The molecule has 2 rings (SSSR count). The van der Waals surface area contributed by atoms with Gasteiger partial charge < -0.3 is 5.11 Å². The first kappa shape index (κ1) is 11.9. The van der Waals surface area contributed by atoms with E-state index in [2.05, 4.69) is 11.0 Å². The Balaban J connectivity index is 2.21. The molecular weight excluding hydrogens is 222 g/mol. The van der Waals surface area contributed by atoms with E-state index in [1.54, 1.807) is 0 Å². The second-order valence-corrected chi connectivity index (χ2v) is 4.70. The van der Waals surface area contributed by atoms with Crippen LogP contribution < -0.4 is 0 Å². The molecule has 0 aromatic heterocycles. The molecule has 0 spiro atoms. The molecule has 0 amide bonds. The van der Waals surface area contributed by atoms with Gasteiger partial charge >= 0.3 is 0 Å². The highest BCUT2D eigenvalue weighted by Crippen LogP contribution is 2.32. The summed E-state index contributed by atoms with van der Waals surface area (Å²) < 4.78 is 0. The van der Waals surface area contributed by atoms with Crippen molar-refractivity contribution in [3.63, 3.8) is 0 Å². The molecule has 0 bridgehead atoms.